The summed E-state index contributed by atoms with van der Waals surface area (Å²) in [5, 5.41) is 0.842. The number of fused-ring (bicyclic) bond motifs is 1. The van der Waals surface area contributed by atoms with Crippen LogP contribution in [0.25, 0.3) is 11.2 Å². The molecule has 106 valence electrons. The molecule has 1 aromatic carbocycles. The highest BCUT2D eigenvalue weighted by atomic mass is 32.2. The molecular formula is C15H13N3O2S. The van der Waals surface area contributed by atoms with E-state index in [1.807, 2.05) is 31.2 Å². The second-order valence-corrected chi connectivity index (χ2v) is 5.65. The molecule has 0 bridgehead atoms. The first-order valence-electron chi connectivity index (χ1n) is 6.44. The summed E-state index contributed by atoms with van der Waals surface area (Å²) < 4.78 is 0. The van der Waals surface area contributed by atoms with Crippen LogP contribution < -0.4 is 11.1 Å². The van der Waals surface area contributed by atoms with E-state index in [9.17, 15) is 9.59 Å². The van der Waals surface area contributed by atoms with Gasteiger partial charge in [-0.25, -0.2) is 4.98 Å². The van der Waals surface area contributed by atoms with Crippen LogP contribution in [0.1, 0.15) is 11.1 Å². The molecule has 2 N–H and O–H groups in total. The van der Waals surface area contributed by atoms with Gasteiger partial charge in [-0.05, 0) is 24.1 Å². The van der Waals surface area contributed by atoms with Gasteiger partial charge < -0.3 is 9.97 Å². The van der Waals surface area contributed by atoms with E-state index in [1.165, 1.54) is 5.56 Å². The SMILES string of the molecule is Cc1cc2[nH]c(=O)c(=O)[nH]c2nc1SCc1ccccc1. The number of H-pyrrole nitrogens is 2. The quantitative estimate of drug-likeness (QED) is 0.574. The molecule has 2 aromatic heterocycles. The highest BCUT2D eigenvalue weighted by Gasteiger charge is 2.07. The number of nitrogens with zero attached hydrogens (tertiary/aromatic N) is 1. The molecule has 21 heavy (non-hydrogen) atoms. The molecular weight excluding hydrogens is 286 g/mol. The summed E-state index contributed by atoms with van der Waals surface area (Å²) >= 11 is 1.60. The van der Waals surface area contributed by atoms with Crippen LogP contribution >= 0.6 is 11.8 Å². The normalized spacial score (nSPS) is 10.9. The predicted molar refractivity (Wildman–Crippen MR) is 83.7 cm³/mol. The molecule has 0 radical (unpaired) electrons. The van der Waals surface area contributed by atoms with Crippen LogP contribution in [0.2, 0.25) is 0 Å². The Morgan fingerprint density at radius 2 is 1.81 bits per heavy atom. The van der Waals surface area contributed by atoms with Gasteiger partial charge in [0.2, 0.25) is 0 Å². The lowest BCUT2D eigenvalue weighted by molar-refractivity contribution is 1.04. The molecule has 2 heterocycles. The van der Waals surface area contributed by atoms with Crippen LogP contribution in [-0.2, 0) is 5.75 Å². The molecule has 0 saturated heterocycles. The van der Waals surface area contributed by atoms with E-state index in [0.717, 1.165) is 16.3 Å². The van der Waals surface area contributed by atoms with Gasteiger partial charge in [-0.3, -0.25) is 9.59 Å². The first-order chi connectivity index (χ1) is 10.1. The Balaban J connectivity index is 1.95. The number of hydrogen-bond acceptors (Lipinski definition) is 4. The topological polar surface area (TPSA) is 78.6 Å². The Labute approximate surface area is 124 Å². The second kappa shape index (κ2) is 5.57. The van der Waals surface area contributed by atoms with Gasteiger partial charge in [0.25, 0.3) is 0 Å². The van der Waals surface area contributed by atoms with E-state index in [0.29, 0.717) is 11.2 Å². The third-order valence-electron chi connectivity index (χ3n) is 3.07. The Hall–Kier alpha value is -2.34. The summed E-state index contributed by atoms with van der Waals surface area (Å²) in [6.45, 7) is 1.93. The summed E-state index contributed by atoms with van der Waals surface area (Å²) in [4.78, 5) is 32.1. The van der Waals surface area contributed by atoms with Crippen molar-refractivity contribution >= 4 is 22.9 Å². The average Bonchev–Trinajstić information content (AvgIpc) is 2.48. The third kappa shape index (κ3) is 2.90. The number of nitrogens with one attached hydrogen (secondary N) is 2. The third-order valence-corrected chi connectivity index (χ3v) is 4.24. The zero-order chi connectivity index (χ0) is 14.8. The zero-order valence-corrected chi connectivity index (χ0v) is 12.2. The van der Waals surface area contributed by atoms with Gasteiger partial charge in [0.15, 0.2) is 5.65 Å². The molecule has 0 aliphatic rings. The number of aryl methyl sites for hydroxylation is 1. The lowest BCUT2D eigenvalue weighted by atomic mass is 10.2. The van der Waals surface area contributed by atoms with Crippen molar-refractivity contribution in [2.45, 2.75) is 17.7 Å². The Morgan fingerprint density at radius 1 is 1.10 bits per heavy atom. The number of aromatic nitrogens is 3. The van der Waals surface area contributed by atoms with Crippen LogP contribution in [0.5, 0.6) is 0 Å². The minimum atomic E-state index is -0.683. The van der Waals surface area contributed by atoms with E-state index >= 15 is 0 Å². The lowest BCUT2D eigenvalue weighted by Crippen LogP contribution is -2.29. The molecule has 3 rings (SSSR count). The first-order valence-corrected chi connectivity index (χ1v) is 7.43. The van der Waals surface area contributed by atoms with E-state index < -0.39 is 11.1 Å². The molecule has 0 atom stereocenters. The number of aromatic amines is 2. The van der Waals surface area contributed by atoms with Crippen molar-refractivity contribution in [2.75, 3.05) is 0 Å². The zero-order valence-electron chi connectivity index (χ0n) is 11.3. The van der Waals surface area contributed by atoms with E-state index in [4.69, 9.17) is 0 Å². The van der Waals surface area contributed by atoms with E-state index in [2.05, 4.69) is 27.1 Å². The van der Waals surface area contributed by atoms with Crippen LogP contribution in [-0.4, -0.2) is 15.0 Å². The number of rotatable bonds is 3. The number of hydrogen-bond donors (Lipinski definition) is 2. The summed E-state index contributed by atoms with van der Waals surface area (Å²) in [5.74, 6) is 0.799. The minimum Gasteiger partial charge on any atom is -0.315 e. The molecule has 0 spiro atoms. The van der Waals surface area contributed by atoms with Crippen LogP contribution in [0, 0.1) is 6.92 Å². The largest absolute Gasteiger partial charge is 0.315 e. The number of benzene rings is 1. The van der Waals surface area contributed by atoms with Gasteiger partial charge in [-0.1, -0.05) is 30.3 Å². The molecule has 0 aliphatic heterocycles. The van der Waals surface area contributed by atoms with Crippen LogP contribution in [0.3, 0.4) is 0 Å². The van der Waals surface area contributed by atoms with E-state index in [1.54, 1.807) is 11.8 Å². The van der Waals surface area contributed by atoms with Gasteiger partial charge in [0.1, 0.15) is 5.03 Å². The number of pyridine rings is 1. The van der Waals surface area contributed by atoms with Gasteiger partial charge in [-0.15, -0.1) is 11.8 Å². The number of thioether (sulfide) groups is 1. The first kappa shape index (κ1) is 13.6. The monoisotopic (exact) mass is 299 g/mol. The van der Waals surface area contributed by atoms with Gasteiger partial charge in [-0.2, -0.15) is 0 Å². The molecule has 0 unspecified atom stereocenters. The predicted octanol–water partition coefficient (Wildman–Crippen LogP) is 2.21. The average molecular weight is 299 g/mol. The maximum atomic E-state index is 11.4. The smallest absolute Gasteiger partial charge is 0.315 e. The highest BCUT2D eigenvalue weighted by Crippen LogP contribution is 2.25. The molecule has 0 fully saturated rings. The van der Waals surface area contributed by atoms with Crippen molar-refractivity contribution in [1.82, 2.24) is 15.0 Å². The fourth-order valence-electron chi connectivity index (χ4n) is 2.00. The van der Waals surface area contributed by atoms with Gasteiger partial charge >= 0.3 is 11.1 Å². The van der Waals surface area contributed by atoms with Gasteiger partial charge in [0.05, 0.1) is 5.52 Å². The maximum Gasteiger partial charge on any atom is 0.315 e. The second-order valence-electron chi connectivity index (χ2n) is 4.69. The fourth-order valence-corrected chi connectivity index (χ4v) is 2.94. The fraction of sp³-hybridized carbons (Fsp3) is 0.133. The van der Waals surface area contributed by atoms with Crippen molar-refractivity contribution < 1.29 is 0 Å². The van der Waals surface area contributed by atoms with Crippen molar-refractivity contribution in [3.05, 3.63) is 68.2 Å². The van der Waals surface area contributed by atoms with Crippen molar-refractivity contribution in [3.63, 3.8) is 0 Å². The molecule has 3 aromatic rings. The van der Waals surface area contributed by atoms with Gasteiger partial charge in [0, 0.05) is 5.75 Å². The van der Waals surface area contributed by atoms with Crippen LogP contribution in [0.15, 0.2) is 51.0 Å². The molecule has 0 amide bonds. The van der Waals surface area contributed by atoms with Crippen LogP contribution in [0.4, 0.5) is 0 Å². The lowest BCUT2D eigenvalue weighted by Gasteiger charge is -2.06. The van der Waals surface area contributed by atoms with Crippen molar-refractivity contribution in [3.8, 4) is 0 Å². The van der Waals surface area contributed by atoms with E-state index in [-0.39, 0.29) is 0 Å². The molecule has 5 nitrogen and oxygen atoms in total. The molecule has 6 heteroatoms. The highest BCUT2D eigenvalue weighted by molar-refractivity contribution is 7.98. The summed E-state index contributed by atoms with van der Waals surface area (Å²) in [6, 6.07) is 11.9. The summed E-state index contributed by atoms with van der Waals surface area (Å²) in [7, 11) is 0. The minimum absolute atomic E-state index is 0.403. The summed E-state index contributed by atoms with van der Waals surface area (Å²) in [5.41, 5.74) is 1.78. The van der Waals surface area contributed by atoms with Crippen molar-refractivity contribution in [1.29, 1.82) is 0 Å². The Bertz CT molecular complexity index is 900. The standard InChI is InChI=1S/C15H13N3O2S/c1-9-7-11-12(17-14(20)13(19)16-11)18-15(9)21-8-10-5-3-2-4-6-10/h2-7H,8H2,1H3,(H,16,19)(H,17,18,20). The Kier molecular flexibility index (Phi) is 3.62. The molecule has 0 saturated carbocycles. The van der Waals surface area contributed by atoms with Crippen molar-refractivity contribution in [2.24, 2.45) is 0 Å². The maximum absolute atomic E-state index is 11.4. The Morgan fingerprint density at radius 3 is 2.57 bits per heavy atom. The summed E-state index contributed by atoms with van der Waals surface area (Å²) in [6.07, 6.45) is 0. The molecule has 0 aliphatic carbocycles.